The van der Waals surface area contributed by atoms with Crippen molar-refractivity contribution in [1.82, 2.24) is 0 Å². The molecule has 0 radical (unpaired) electrons. The first-order valence-corrected chi connectivity index (χ1v) is 10.4. The van der Waals surface area contributed by atoms with E-state index in [1.807, 2.05) is 48.5 Å². The quantitative estimate of drug-likeness (QED) is 0.673. The van der Waals surface area contributed by atoms with Crippen LogP contribution < -0.4 is 10.6 Å². The molecule has 2 heterocycles. The number of nitriles is 2. The first-order chi connectivity index (χ1) is 16.1. The van der Waals surface area contributed by atoms with Gasteiger partial charge in [-0.1, -0.05) is 78.9 Å². The predicted molar refractivity (Wildman–Crippen MR) is 123 cm³/mol. The van der Waals surface area contributed by atoms with Crippen LogP contribution in [0.5, 0.6) is 0 Å². The SMILES string of the molecule is N#CC1=C(N)OC(c2ccccc2)=C(C#N)[C@]12C(=O)N(Cc1ccccc1)c1ccccc12. The van der Waals surface area contributed by atoms with Crippen LogP contribution in [0.2, 0.25) is 0 Å². The maximum atomic E-state index is 14.2. The molecule has 1 atom stereocenters. The number of carbonyl (C=O) groups is 1. The van der Waals surface area contributed by atoms with E-state index in [1.54, 1.807) is 41.3 Å². The Bertz CT molecular complexity index is 1410. The highest BCUT2D eigenvalue weighted by atomic mass is 16.5. The van der Waals surface area contributed by atoms with Crippen molar-refractivity contribution in [2.75, 3.05) is 4.90 Å². The number of nitrogens with zero attached hydrogens (tertiary/aromatic N) is 3. The zero-order chi connectivity index (χ0) is 23.0. The lowest BCUT2D eigenvalue weighted by atomic mass is 9.68. The lowest BCUT2D eigenvalue weighted by molar-refractivity contribution is -0.121. The molecular formula is C27H18N4O2. The van der Waals surface area contributed by atoms with Gasteiger partial charge in [-0.15, -0.1) is 0 Å². The molecule has 6 nitrogen and oxygen atoms in total. The summed E-state index contributed by atoms with van der Waals surface area (Å²) in [5.74, 6) is -0.403. The van der Waals surface area contributed by atoms with Gasteiger partial charge in [0.2, 0.25) is 11.8 Å². The zero-order valence-corrected chi connectivity index (χ0v) is 17.5. The van der Waals surface area contributed by atoms with E-state index < -0.39 is 11.3 Å². The van der Waals surface area contributed by atoms with E-state index in [1.165, 1.54) is 0 Å². The molecule has 2 aliphatic heterocycles. The number of anilines is 1. The van der Waals surface area contributed by atoms with Crippen LogP contribution in [0.15, 0.2) is 102 Å². The summed E-state index contributed by atoms with van der Waals surface area (Å²) >= 11 is 0. The second kappa shape index (κ2) is 7.71. The molecule has 1 spiro atoms. The van der Waals surface area contributed by atoms with Gasteiger partial charge in [0.05, 0.1) is 12.1 Å². The van der Waals surface area contributed by atoms with Crippen molar-refractivity contribution in [2.45, 2.75) is 12.0 Å². The van der Waals surface area contributed by atoms with Crippen molar-refractivity contribution < 1.29 is 9.53 Å². The number of rotatable bonds is 3. The first-order valence-electron chi connectivity index (χ1n) is 10.4. The highest BCUT2D eigenvalue weighted by Gasteiger charge is 2.60. The Morgan fingerprint density at radius 3 is 2.12 bits per heavy atom. The van der Waals surface area contributed by atoms with Crippen molar-refractivity contribution in [2.24, 2.45) is 5.73 Å². The molecule has 33 heavy (non-hydrogen) atoms. The topological polar surface area (TPSA) is 103 Å². The number of nitrogens with two attached hydrogens (primary N) is 1. The van der Waals surface area contributed by atoms with Gasteiger partial charge in [0, 0.05) is 16.8 Å². The molecule has 0 bridgehead atoms. The summed E-state index contributed by atoms with van der Waals surface area (Å²) in [5, 5.41) is 20.4. The number of ether oxygens (including phenoxy) is 1. The van der Waals surface area contributed by atoms with Gasteiger partial charge < -0.3 is 15.4 Å². The second-order valence-electron chi connectivity index (χ2n) is 7.78. The van der Waals surface area contributed by atoms with E-state index in [9.17, 15) is 15.3 Å². The summed E-state index contributed by atoms with van der Waals surface area (Å²) in [6.07, 6.45) is 0. The minimum atomic E-state index is -1.68. The third kappa shape index (κ3) is 2.82. The normalized spacial score (nSPS) is 19.2. The van der Waals surface area contributed by atoms with Gasteiger partial charge >= 0.3 is 0 Å². The Hall–Kier alpha value is -4.81. The van der Waals surface area contributed by atoms with E-state index in [-0.39, 0.29) is 29.3 Å². The average Bonchev–Trinajstić information content (AvgIpc) is 3.09. The smallest absolute Gasteiger partial charge is 0.248 e. The Balaban J connectivity index is 1.81. The summed E-state index contributed by atoms with van der Waals surface area (Å²) < 4.78 is 5.80. The maximum absolute atomic E-state index is 14.2. The number of para-hydroxylation sites is 1. The van der Waals surface area contributed by atoms with Crippen molar-refractivity contribution in [3.05, 3.63) is 119 Å². The van der Waals surface area contributed by atoms with Gasteiger partial charge in [-0.2, -0.15) is 10.5 Å². The highest BCUT2D eigenvalue weighted by Crippen LogP contribution is 2.55. The molecule has 2 N–H and O–H groups in total. The molecular weight excluding hydrogens is 412 g/mol. The Morgan fingerprint density at radius 2 is 1.45 bits per heavy atom. The number of benzene rings is 3. The fourth-order valence-corrected chi connectivity index (χ4v) is 4.62. The van der Waals surface area contributed by atoms with Crippen molar-refractivity contribution in [1.29, 1.82) is 10.5 Å². The number of hydrogen-bond acceptors (Lipinski definition) is 5. The van der Waals surface area contributed by atoms with E-state index in [4.69, 9.17) is 10.5 Å². The Labute approximate surface area is 191 Å². The maximum Gasteiger partial charge on any atom is 0.248 e. The number of carbonyl (C=O) groups excluding carboxylic acids is 1. The summed E-state index contributed by atoms with van der Waals surface area (Å²) in [6, 6.07) is 30.0. The largest absolute Gasteiger partial charge is 0.439 e. The molecule has 158 valence electrons. The molecule has 0 aromatic heterocycles. The molecule has 0 saturated carbocycles. The number of amides is 1. The fourth-order valence-electron chi connectivity index (χ4n) is 4.62. The highest BCUT2D eigenvalue weighted by molar-refractivity contribution is 6.15. The van der Waals surface area contributed by atoms with E-state index in [0.29, 0.717) is 16.8 Å². The van der Waals surface area contributed by atoms with Crippen molar-refractivity contribution in [3.8, 4) is 12.1 Å². The van der Waals surface area contributed by atoms with Crippen LogP contribution in [0.4, 0.5) is 5.69 Å². The first kappa shape index (κ1) is 20.1. The third-order valence-electron chi connectivity index (χ3n) is 6.04. The van der Waals surface area contributed by atoms with Crippen LogP contribution >= 0.6 is 0 Å². The summed E-state index contributed by atoms with van der Waals surface area (Å²) in [4.78, 5) is 15.9. The molecule has 0 fully saturated rings. The van der Waals surface area contributed by atoms with E-state index >= 15 is 0 Å². The Morgan fingerprint density at radius 1 is 0.848 bits per heavy atom. The van der Waals surface area contributed by atoms with Crippen LogP contribution in [0, 0.1) is 22.7 Å². The average molecular weight is 430 g/mol. The molecule has 0 aliphatic carbocycles. The van der Waals surface area contributed by atoms with Crippen LogP contribution in [-0.2, 0) is 21.5 Å². The molecule has 6 heteroatoms. The van der Waals surface area contributed by atoms with Gasteiger partial charge in [-0.05, 0) is 11.6 Å². The minimum Gasteiger partial charge on any atom is -0.439 e. The molecule has 3 aromatic rings. The number of fused-ring (bicyclic) bond motifs is 2. The minimum absolute atomic E-state index is 0.0486. The molecule has 5 rings (SSSR count). The second-order valence-corrected chi connectivity index (χ2v) is 7.78. The van der Waals surface area contributed by atoms with E-state index in [0.717, 1.165) is 5.56 Å². The number of hydrogen-bond donors (Lipinski definition) is 1. The Kier molecular flexibility index (Phi) is 4.70. The summed E-state index contributed by atoms with van der Waals surface area (Å²) in [5.41, 5.74) is 7.21. The van der Waals surface area contributed by atoms with E-state index in [2.05, 4.69) is 12.1 Å². The monoisotopic (exact) mass is 430 g/mol. The van der Waals surface area contributed by atoms with Crippen LogP contribution in [0.1, 0.15) is 16.7 Å². The van der Waals surface area contributed by atoms with Crippen molar-refractivity contribution in [3.63, 3.8) is 0 Å². The molecule has 0 saturated heterocycles. The summed E-state index contributed by atoms with van der Waals surface area (Å²) in [7, 11) is 0. The van der Waals surface area contributed by atoms with Gasteiger partial charge in [0.25, 0.3) is 0 Å². The lowest BCUT2D eigenvalue weighted by Gasteiger charge is -2.33. The zero-order valence-electron chi connectivity index (χ0n) is 17.5. The molecule has 3 aromatic carbocycles. The van der Waals surface area contributed by atoms with Gasteiger partial charge in [-0.25, -0.2) is 0 Å². The van der Waals surface area contributed by atoms with Crippen LogP contribution in [0.3, 0.4) is 0 Å². The van der Waals surface area contributed by atoms with Gasteiger partial charge in [0.1, 0.15) is 17.7 Å². The predicted octanol–water partition coefficient (Wildman–Crippen LogP) is 4.13. The molecule has 0 unspecified atom stereocenters. The fraction of sp³-hybridized carbons (Fsp3) is 0.0741. The van der Waals surface area contributed by atoms with Crippen LogP contribution in [0.25, 0.3) is 5.76 Å². The van der Waals surface area contributed by atoms with Crippen molar-refractivity contribution >= 4 is 17.4 Å². The summed E-state index contributed by atoms with van der Waals surface area (Å²) in [6.45, 7) is 0.289. The molecule has 1 amide bonds. The van der Waals surface area contributed by atoms with Gasteiger partial charge in [0.15, 0.2) is 11.2 Å². The lowest BCUT2D eigenvalue weighted by Crippen LogP contribution is -2.45. The van der Waals surface area contributed by atoms with Crippen LogP contribution in [-0.4, -0.2) is 5.91 Å². The third-order valence-corrected chi connectivity index (χ3v) is 6.04. The molecule has 2 aliphatic rings. The van der Waals surface area contributed by atoms with Gasteiger partial charge in [-0.3, -0.25) is 4.79 Å². The standard InChI is InChI=1S/C27H18N4O2/c28-15-21-24(19-11-5-2-6-12-19)33-25(30)22(16-29)27(21)20-13-7-8-14-23(20)31(26(27)32)17-18-9-3-1-4-10-18/h1-14H,17,30H2/t27-/m0/s1.